The SMILES string of the molecule is COC(=O)c1ccc(NC(=O)c2c(Oc3ccc(OC(F)(F)F)cc3OC)ccc(C(F)(F)F)c2F)cn1. The minimum absolute atomic E-state index is 0.128. The van der Waals surface area contributed by atoms with Gasteiger partial charge in [0, 0.05) is 6.07 Å². The molecule has 0 aliphatic heterocycles. The molecule has 0 saturated carbocycles. The minimum Gasteiger partial charge on any atom is -0.493 e. The average Bonchev–Trinajstić information content (AvgIpc) is 2.83. The zero-order chi connectivity index (χ0) is 28.3. The zero-order valence-corrected chi connectivity index (χ0v) is 19.2. The largest absolute Gasteiger partial charge is 0.573 e. The molecule has 2 aromatic carbocycles. The van der Waals surface area contributed by atoms with Gasteiger partial charge in [0.2, 0.25) is 0 Å². The number of esters is 1. The lowest BCUT2D eigenvalue weighted by atomic mass is 10.1. The molecule has 38 heavy (non-hydrogen) atoms. The smallest absolute Gasteiger partial charge is 0.493 e. The van der Waals surface area contributed by atoms with Gasteiger partial charge in [0.1, 0.15) is 22.8 Å². The maximum absolute atomic E-state index is 15.0. The number of rotatable bonds is 7. The third-order valence-electron chi connectivity index (χ3n) is 4.64. The molecule has 1 aromatic heterocycles. The van der Waals surface area contributed by atoms with E-state index in [2.05, 4.69) is 19.8 Å². The molecule has 15 heteroatoms. The molecular formula is C23H15F7N2O6. The van der Waals surface area contributed by atoms with Crippen LogP contribution >= 0.6 is 0 Å². The van der Waals surface area contributed by atoms with Crippen LogP contribution in [-0.4, -0.2) is 37.4 Å². The van der Waals surface area contributed by atoms with Gasteiger partial charge in [-0.15, -0.1) is 13.2 Å². The summed E-state index contributed by atoms with van der Waals surface area (Å²) < 4.78 is 111. The molecule has 202 valence electrons. The van der Waals surface area contributed by atoms with Gasteiger partial charge in [0.15, 0.2) is 17.3 Å². The molecule has 0 radical (unpaired) electrons. The molecule has 0 aliphatic rings. The molecule has 0 spiro atoms. The first kappa shape index (κ1) is 28.0. The van der Waals surface area contributed by atoms with Crippen LogP contribution < -0.4 is 19.5 Å². The first-order valence-corrected chi connectivity index (χ1v) is 10.1. The van der Waals surface area contributed by atoms with Gasteiger partial charge >= 0.3 is 18.5 Å². The summed E-state index contributed by atoms with van der Waals surface area (Å²) in [5, 5.41) is 2.13. The second kappa shape index (κ2) is 10.8. The van der Waals surface area contributed by atoms with Crippen LogP contribution in [0.5, 0.6) is 23.0 Å². The first-order chi connectivity index (χ1) is 17.7. The number of aromatic nitrogens is 1. The quantitative estimate of drug-likeness (QED) is 0.287. The van der Waals surface area contributed by atoms with Gasteiger partial charge in [0.05, 0.1) is 31.7 Å². The standard InChI is InChI=1S/C23H15F7N2O6/c1-35-17-9-12(38-23(28,29)30)4-7-15(17)37-16-8-5-13(22(25,26)27)19(24)18(16)20(33)32-11-3-6-14(31-10-11)21(34)36-2/h3-10H,1-2H3,(H,32,33). The van der Waals surface area contributed by atoms with Gasteiger partial charge in [-0.3, -0.25) is 4.79 Å². The highest BCUT2D eigenvalue weighted by Gasteiger charge is 2.38. The number of carbonyl (C=O) groups is 2. The third-order valence-corrected chi connectivity index (χ3v) is 4.64. The molecule has 0 saturated heterocycles. The Morgan fingerprint density at radius 3 is 2.13 bits per heavy atom. The van der Waals surface area contributed by atoms with E-state index >= 15 is 4.39 Å². The van der Waals surface area contributed by atoms with Crippen LogP contribution in [0.25, 0.3) is 0 Å². The van der Waals surface area contributed by atoms with Gasteiger partial charge in [-0.05, 0) is 36.4 Å². The Labute approximate surface area is 208 Å². The summed E-state index contributed by atoms with van der Waals surface area (Å²) in [5.74, 6) is -6.37. The number of methoxy groups -OCH3 is 2. The number of halogens is 7. The first-order valence-electron chi connectivity index (χ1n) is 10.1. The fraction of sp³-hybridized carbons (Fsp3) is 0.174. The molecule has 0 fully saturated rings. The van der Waals surface area contributed by atoms with Crippen molar-refractivity contribution in [2.75, 3.05) is 19.5 Å². The second-order valence-electron chi connectivity index (χ2n) is 7.14. The molecule has 1 heterocycles. The number of anilines is 1. The number of pyridine rings is 1. The lowest BCUT2D eigenvalue weighted by Gasteiger charge is -2.18. The summed E-state index contributed by atoms with van der Waals surface area (Å²) in [6.45, 7) is 0. The van der Waals surface area contributed by atoms with Crippen LogP contribution in [0, 0.1) is 5.82 Å². The molecule has 8 nitrogen and oxygen atoms in total. The highest BCUT2D eigenvalue weighted by molar-refractivity contribution is 6.06. The van der Waals surface area contributed by atoms with Crippen LogP contribution in [0.15, 0.2) is 48.7 Å². The van der Waals surface area contributed by atoms with Crippen molar-refractivity contribution >= 4 is 17.6 Å². The molecule has 0 unspecified atom stereocenters. The fourth-order valence-corrected chi connectivity index (χ4v) is 3.01. The van der Waals surface area contributed by atoms with Gasteiger partial charge in [0.25, 0.3) is 5.91 Å². The molecular weight excluding hydrogens is 533 g/mol. The van der Waals surface area contributed by atoms with Gasteiger partial charge < -0.3 is 24.3 Å². The predicted octanol–water partition coefficient (Wildman–Crippen LogP) is 5.98. The minimum atomic E-state index is -5.18. The van der Waals surface area contributed by atoms with Crippen molar-refractivity contribution in [3.63, 3.8) is 0 Å². The molecule has 3 rings (SSSR count). The lowest BCUT2D eigenvalue weighted by molar-refractivity contribution is -0.274. The van der Waals surface area contributed by atoms with Crippen molar-refractivity contribution in [2.45, 2.75) is 12.5 Å². The Morgan fingerprint density at radius 2 is 1.58 bits per heavy atom. The van der Waals surface area contributed by atoms with Crippen LogP contribution in [0.4, 0.5) is 36.4 Å². The third kappa shape index (κ3) is 6.60. The Balaban J connectivity index is 2.01. The number of alkyl halides is 6. The normalized spacial score (nSPS) is 11.5. The number of benzene rings is 2. The van der Waals surface area contributed by atoms with E-state index in [0.717, 1.165) is 50.7 Å². The van der Waals surface area contributed by atoms with Crippen LogP contribution in [0.3, 0.4) is 0 Å². The van der Waals surface area contributed by atoms with E-state index in [1.54, 1.807) is 0 Å². The molecule has 0 atom stereocenters. The van der Waals surface area contributed by atoms with Crippen LogP contribution in [-0.2, 0) is 10.9 Å². The number of carbonyl (C=O) groups excluding carboxylic acids is 2. The van der Waals surface area contributed by atoms with Crippen molar-refractivity contribution < 1.29 is 59.3 Å². The maximum atomic E-state index is 15.0. The second-order valence-corrected chi connectivity index (χ2v) is 7.14. The van der Waals surface area contributed by atoms with Gasteiger partial charge in [-0.2, -0.15) is 13.2 Å². The number of nitrogens with zero attached hydrogens (tertiary/aromatic N) is 1. The van der Waals surface area contributed by atoms with Crippen molar-refractivity contribution in [1.82, 2.24) is 4.98 Å². The van der Waals surface area contributed by atoms with Crippen molar-refractivity contribution in [3.8, 4) is 23.0 Å². The van der Waals surface area contributed by atoms with Crippen molar-refractivity contribution in [2.24, 2.45) is 0 Å². The number of ether oxygens (including phenoxy) is 4. The Hall–Kier alpha value is -4.56. The monoisotopic (exact) mass is 548 g/mol. The van der Waals surface area contributed by atoms with Gasteiger partial charge in [-0.25, -0.2) is 14.2 Å². The van der Waals surface area contributed by atoms with E-state index in [1.165, 1.54) is 0 Å². The van der Waals surface area contributed by atoms with E-state index < -0.39 is 52.9 Å². The Morgan fingerprint density at radius 1 is 0.895 bits per heavy atom. The summed E-state index contributed by atoms with van der Waals surface area (Å²) in [5.41, 5.74) is -3.24. The van der Waals surface area contributed by atoms with Crippen molar-refractivity contribution in [1.29, 1.82) is 0 Å². The van der Waals surface area contributed by atoms with Gasteiger partial charge in [-0.1, -0.05) is 0 Å². The molecule has 1 amide bonds. The maximum Gasteiger partial charge on any atom is 0.573 e. The molecule has 0 aliphatic carbocycles. The summed E-state index contributed by atoms with van der Waals surface area (Å²) in [6.07, 6.45) is -9.24. The van der Waals surface area contributed by atoms with Crippen molar-refractivity contribution in [3.05, 3.63) is 71.3 Å². The van der Waals surface area contributed by atoms with Crippen LogP contribution in [0.1, 0.15) is 26.4 Å². The topological polar surface area (TPSA) is 96.0 Å². The number of amides is 1. The molecule has 0 bridgehead atoms. The van der Waals surface area contributed by atoms with E-state index in [9.17, 15) is 35.9 Å². The molecule has 3 aromatic rings. The van der Waals surface area contributed by atoms with E-state index in [0.29, 0.717) is 12.1 Å². The number of nitrogens with one attached hydrogen (secondary N) is 1. The summed E-state index contributed by atoms with van der Waals surface area (Å²) >= 11 is 0. The Kier molecular flexibility index (Phi) is 7.98. The number of hydrogen-bond acceptors (Lipinski definition) is 7. The van der Waals surface area contributed by atoms with E-state index in [-0.39, 0.29) is 22.9 Å². The van der Waals surface area contributed by atoms with E-state index in [4.69, 9.17) is 9.47 Å². The summed E-state index contributed by atoms with van der Waals surface area (Å²) in [7, 11) is 2.15. The highest BCUT2D eigenvalue weighted by Crippen LogP contribution is 2.40. The van der Waals surface area contributed by atoms with Crippen LogP contribution in [0.2, 0.25) is 0 Å². The highest BCUT2D eigenvalue weighted by atomic mass is 19.4. The predicted molar refractivity (Wildman–Crippen MR) is 115 cm³/mol. The summed E-state index contributed by atoms with van der Waals surface area (Å²) in [6, 6.07) is 5.74. The summed E-state index contributed by atoms with van der Waals surface area (Å²) in [4.78, 5) is 28.1. The number of hydrogen-bond donors (Lipinski definition) is 1. The Bertz CT molecular complexity index is 1340. The lowest BCUT2D eigenvalue weighted by Crippen LogP contribution is -2.19. The fourth-order valence-electron chi connectivity index (χ4n) is 3.01. The average molecular weight is 548 g/mol. The molecule has 1 N–H and O–H groups in total. The van der Waals surface area contributed by atoms with E-state index in [1.807, 2.05) is 0 Å². The zero-order valence-electron chi connectivity index (χ0n) is 19.2.